The van der Waals surface area contributed by atoms with Crippen molar-refractivity contribution in [2.24, 2.45) is 0 Å². The fourth-order valence-corrected chi connectivity index (χ4v) is 3.27. The highest BCUT2D eigenvalue weighted by atomic mass is 16.5. The van der Waals surface area contributed by atoms with Crippen molar-refractivity contribution in [3.8, 4) is 17.1 Å². The van der Waals surface area contributed by atoms with Gasteiger partial charge in [0.1, 0.15) is 12.4 Å². The van der Waals surface area contributed by atoms with E-state index in [4.69, 9.17) is 9.26 Å². The van der Waals surface area contributed by atoms with E-state index in [-0.39, 0.29) is 0 Å². The van der Waals surface area contributed by atoms with Crippen molar-refractivity contribution < 1.29 is 9.26 Å². The monoisotopic (exact) mass is 334 g/mol. The molecule has 1 aromatic heterocycles. The van der Waals surface area contributed by atoms with Crippen molar-refractivity contribution in [2.45, 2.75) is 45.1 Å². The number of rotatable bonds is 5. The number of nitrogens with zero attached hydrogens (tertiary/aromatic N) is 2. The van der Waals surface area contributed by atoms with Crippen LogP contribution in [0.1, 0.15) is 48.6 Å². The lowest BCUT2D eigenvalue weighted by Crippen LogP contribution is -1.96. The number of hydrogen-bond donors (Lipinski definition) is 0. The first kappa shape index (κ1) is 15.9. The Morgan fingerprint density at radius 3 is 2.68 bits per heavy atom. The highest BCUT2D eigenvalue weighted by Gasteiger charge is 2.23. The van der Waals surface area contributed by atoms with Gasteiger partial charge in [0.15, 0.2) is 0 Å². The van der Waals surface area contributed by atoms with Crippen molar-refractivity contribution in [1.29, 1.82) is 0 Å². The number of benzene rings is 2. The summed E-state index contributed by atoms with van der Waals surface area (Å²) in [6, 6.07) is 16.2. The maximum atomic E-state index is 5.91. The van der Waals surface area contributed by atoms with Crippen LogP contribution in [0, 0.1) is 6.92 Å². The van der Waals surface area contributed by atoms with Crippen LogP contribution in [0.2, 0.25) is 0 Å². The molecule has 4 heteroatoms. The van der Waals surface area contributed by atoms with E-state index in [0.29, 0.717) is 18.3 Å². The van der Waals surface area contributed by atoms with Gasteiger partial charge in [-0.3, -0.25) is 0 Å². The molecule has 1 heterocycles. The van der Waals surface area contributed by atoms with E-state index in [2.05, 4.69) is 41.3 Å². The molecular weight excluding hydrogens is 312 g/mol. The van der Waals surface area contributed by atoms with Crippen LogP contribution in [-0.4, -0.2) is 10.1 Å². The minimum absolute atomic E-state index is 0.433. The van der Waals surface area contributed by atoms with E-state index in [1.54, 1.807) is 0 Å². The second-order valence-electron chi connectivity index (χ2n) is 6.74. The molecule has 25 heavy (non-hydrogen) atoms. The first-order valence-corrected chi connectivity index (χ1v) is 8.90. The minimum atomic E-state index is 0.433. The average molecular weight is 334 g/mol. The van der Waals surface area contributed by atoms with Gasteiger partial charge in [-0.25, -0.2) is 0 Å². The number of ether oxygens (including phenoxy) is 1. The third-order valence-corrected chi connectivity index (χ3v) is 4.76. The van der Waals surface area contributed by atoms with Gasteiger partial charge in [-0.1, -0.05) is 60.0 Å². The molecule has 0 spiro atoms. The van der Waals surface area contributed by atoms with Crippen LogP contribution >= 0.6 is 0 Å². The van der Waals surface area contributed by atoms with Crippen LogP contribution in [0.3, 0.4) is 0 Å². The summed E-state index contributed by atoms with van der Waals surface area (Å²) in [5.74, 6) is 2.66. The minimum Gasteiger partial charge on any atom is -0.489 e. The Hall–Kier alpha value is -2.62. The van der Waals surface area contributed by atoms with Gasteiger partial charge in [0.2, 0.25) is 11.7 Å². The molecule has 128 valence electrons. The summed E-state index contributed by atoms with van der Waals surface area (Å²) in [7, 11) is 0. The zero-order chi connectivity index (χ0) is 17.1. The van der Waals surface area contributed by atoms with E-state index in [1.807, 2.05) is 24.3 Å². The maximum Gasteiger partial charge on any atom is 0.230 e. The fourth-order valence-electron chi connectivity index (χ4n) is 3.27. The van der Waals surface area contributed by atoms with Crippen molar-refractivity contribution >= 4 is 0 Å². The van der Waals surface area contributed by atoms with Crippen LogP contribution in [-0.2, 0) is 6.61 Å². The molecule has 0 atom stereocenters. The smallest absolute Gasteiger partial charge is 0.230 e. The van der Waals surface area contributed by atoms with E-state index in [1.165, 1.54) is 18.4 Å². The summed E-state index contributed by atoms with van der Waals surface area (Å²) >= 11 is 0. The van der Waals surface area contributed by atoms with E-state index in [9.17, 15) is 0 Å². The normalized spacial score (nSPS) is 14.8. The van der Waals surface area contributed by atoms with Crippen LogP contribution in [0.5, 0.6) is 5.75 Å². The molecule has 0 amide bonds. The van der Waals surface area contributed by atoms with Gasteiger partial charge in [-0.15, -0.1) is 0 Å². The second-order valence-corrected chi connectivity index (χ2v) is 6.74. The topological polar surface area (TPSA) is 48.2 Å². The second kappa shape index (κ2) is 7.09. The predicted molar refractivity (Wildman–Crippen MR) is 96.5 cm³/mol. The molecule has 3 aromatic rings. The van der Waals surface area contributed by atoms with Gasteiger partial charge >= 0.3 is 0 Å². The highest BCUT2D eigenvalue weighted by Crippen LogP contribution is 2.34. The van der Waals surface area contributed by atoms with Crippen molar-refractivity contribution in [3.05, 3.63) is 65.5 Å². The van der Waals surface area contributed by atoms with Gasteiger partial charge in [0.25, 0.3) is 0 Å². The molecular formula is C21H22N2O2. The number of aromatic nitrogens is 2. The molecule has 0 N–H and O–H groups in total. The van der Waals surface area contributed by atoms with Crippen LogP contribution < -0.4 is 4.74 Å². The molecule has 0 aliphatic heterocycles. The van der Waals surface area contributed by atoms with E-state index >= 15 is 0 Å². The largest absolute Gasteiger partial charge is 0.489 e. The summed E-state index contributed by atoms with van der Waals surface area (Å²) in [6.07, 6.45) is 4.82. The molecule has 2 aromatic carbocycles. The third kappa shape index (κ3) is 3.73. The summed E-state index contributed by atoms with van der Waals surface area (Å²) in [5, 5.41) is 4.16. The first-order valence-electron chi connectivity index (χ1n) is 8.90. The van der Waals surface area contributed by atoms with Gasteiger partial charge in [0, 0.05) is 11.5 Å². The summed E-state index contributed by atoms with van der Waals surface area (Å²) in [6.45, 7) is 2.63. The molecule has 0 bridgehead atoms. The summed E-state index contributed by atoms with van der Waals surface area (Å²) in [5.41, 5.74) is 3.33. The van der Waals surface area contributed by atoms with E-state index in [0.717, 1.165) is 35.6 Å². The number of hydrogen-bond acceptors (Lipinski definition) is 4. The van der Waals surface area contributed by atoms with Crippen LogP contribution in [0.15, 0.2) is 53.1 Å². The Bertz CT molecular complexity index is 833. The fraction of sp³-hybridized carbons (Fsp3) is 0.333. The Labute approximate surface area is 147 Å². The van der Waals surface area contributed by atoms with Gasteiger partial charge in [-0.2, -0.15) is 4.98 Å². The highest BCUT2D eigenvalue weighted by molar-refractivity contribution is 5.56. The van der Waals surface area contributed by atoms with Gasteiger partial charge in [0.05, 0.1) is 0 Å². The van der Waals surface area contributed by atoms with E-state index < -0.39 is 0 Å². The standard InChI is InChI=1S/C21H22N2O2/c1-15-9-11-16(12-10-15)14-24-19-8-4-7-18(13-19)20-22-21(25-23-20)17-5-2-3-6-17/h4,7-13,17H,2-3,5-6,14H2,1H3. The summed E-state index contributed by atoms with van der Waals surface area (Å²) < 4.78 is 11.4. The zero-order valence-electron chi connectivity index (χ0n) is 14.4. The first-order chi connectivity index (χ1) is 12.3. The molecule has 0 saturated heterocycles. The number of aryl methyl sites for hydroxylation is 1. The maximum absolute atomic E-state index is 5.91. The Morgan fingerprint density at radius 2 is 1.88 bits per heavy atom. The molecule has 1 aliphatic rings. The molecule has 0 radical (unpaired) electrons. The van der Waals surface area contributed by atoms with Crippen molar-refractivity contribution in [2.75, 3.05) is 0 Å². The lowest BCUT2D eigenvalue weighted by Gasteiger charge is -2.07. The van der Waals surface area contributed by atoms with Crippen LogP contribution in [0.25, 0.3) is 11.4 Å². The molecule has 1 saturated carbocycles. The molecule has 4 nitrogen and oxygen atoms in total. The average Bonchev–Trinajstić information content (AvgIpc) is 3.33. The Balaban J connectivity index is 1.46. The van der Waals surface area contributed by atoms with Gasteiger partial charge < -0.3 is 9.26 Å². The van der Waals surface area contributed by atoms with Crippen molar-refractivity contribution in [3.63, 3.8) is 0 Å². The van der Waals surface area contributed by atoms with Gasteiger partial charge in [-0.05, 0) is 37.5 Å². The predicted octanol–water partition coefficient (Wildman–Crippen LogP) is 5.28. The quantitative estimate of drug-likeness (QED) is 0.637. The molecule has 1 aliphatic carbocycles. The summed E-state index contributed by atoms with van der Waals surface area (Å²) in [4.78, 5) is 4.60. The van der Waals surface area contributed by atoms with Crippen LogP contribution in [0.4, 0.5) is 0 Å². The SMILES string of the molecule is Cc1ccc(COc2cccc(-c3noc(C4CCCC4)n3)c2)cc1. The van der Waals surface area contributed by atoms with Crippen molar-refractivity contribution in [1.82, 2.24) is 10.1 Å². The molecule has 1 fully saturated rings. The zero-order valence-corrected chi connectivity index (χ0v) is 14.4. The Morgan fingerprint density at radius 1 is 1.08 bits per heavy atom. The third-order valence-electron chi connectivity index (χ3n) is 4.76. The lowest BCUT2D eigenvalue weighted by molar-refractivity contribution is 0.306. The molecule has 4 rings (SSSR count). The lowest BCUT2D eigenvalue weighted by atomic mass is 10.1. The Kier molecular flexibility index (Phi) is 4.51. The molecule has 0 unspecified atom stereocenters.